The Kier molecular flexibility index (Phi) is 6.00. The van der Waals surface area contributed by atoms with Gasteiger partial charge in [0.2, 0.25) is 0 Å². The highest BCUT2D eigenvalue weighted by Crippen LogP contribution is 2.26. The van der Waals surface area contributed by atoms with Crippen molar-refractivity contribution in [1.29, 1.82) is 0 Å². The van der Waals surface area contributed by atoms with Crippen LogP contribution in [0.1, 0.15) is 30.9 Å². The van der Waals surface area contributed by atoms with Gasteiger partial charge in [-0.15, -0.1) is 10.2 Å². The average molecular weight is 451 g/mol. The Morgan fingerprint density at radius 1 is 1.00 bits per heavy atom. The highest BCUT2D eigenvalue weighted by molar-refractivity contribution is 7.98. The summed E-state index contributed by atoms with van der Waals surface area (Å²) in [5.41, 5.74) is 1.32. The second-order valence-corrected chi connectivity index (χ2v) is 8.81. The van der Waals surface area contributed by atoms with Crippen molar-refractivity contribution in [3.05, 3.63) is 76.4 Å². The maximum absolute atomic E-state index is 13.5. The van der Waals surface area contributed by atoms with Crippen LogP contribution >= 0.6 is 11.8 Å². The molecular formula is C23H23FN6OS. The summed E-state index contributed by atoms with van der Waals surface area (Å²) in [7, 11) is 0. The summed E-state index contributed by atoms with van der Waals surface area (Å²) < 4.78 is 15.5. The fourth-order valence-electron chi connectivity index (χ4n) is 4.00. The van der Waals surface area contributed by atoms with E-state index < -0.39 is 0 Å². The van der Waals surface area contributed by atoms with Crippen molar-refractivity contribution in [2.75, 3.05) is 13.1 Å². The van der Waals surface area contributed by atoms with Gasteiger partial charge in [0, 0.05) is 5.69 Å². The number of nitrogens with zero attached hydrogens (tertiary/aromatic N) is 5. The molecule has 1 aliphatic heterocycles. The molecule has 7 nitrogen and oxygen atoms in total. The van der Waals surface area contributed by atoms with Crippen molar-refractivity contribution >= 4 is 22.7 Å². The first-order valence-electron chi connectivity index (χ1n) is 10.7. The summed E-state index contributed by atoms with van der Waals surface area (Å²) in [5.74, 6) is 1.54. The topological polar surface area (TPSA) is 79.7 Å². The lowest BCUT2D eigenvalue weighted by Crippen LogP contribution is -2.30. The molecule has 32 heavy (non-hydrogen) atoms. The van der Waals surface area contributed by atoms with Crippen LogP contribution in [0.25, 0.3) is 16.6 Å². The zero-order valence-corrected chi connectivity index (χ0v) is 18.3. The lowest BCUT2D eigenvalue weighted by molar-refractivity contribution is 0.214. The Bertz CT molecular complexity index is 1280. The molecule has 1 N–H and O–H groups in total. The summed E-state index contributed by atoms with van der Waals surface area (Å²) in [6.07, 6.45) is 3.64. The van der Waals surface area contributed by atoms with E-state index in [0.717, 1.165) is 24.6 Å². The minimum Gasteiger partial charge on any atom is -0.309 e. The molecule has 0 unspecified atom stereocenters. The minimum absolute atomic E-state index is 0.156. The number of piperidine rings is 1. The Morgan fingerprint density at radius 2 is 1.78 bits per heavy atom. The number of fused-ring (bicyclic) bond motifs is 1. The van der Waals surface area contributed by atoms with Crippen LogP contribution in [-0.2, 0) is 12.3 Å². The van der Waals surface area contributed by atoms with Gasteiger partial charge in [-0.3, -0.25) is 14.3 Å². The van der Waals surface area contributed by atoms with E-state index >= 15 is 0 Å². The molecular weight excluding hydrogens is 427 g/mol. The third-order valence-corrected chi connectivity index (χ3v) is 6.54. The Hall–Kier alpha value is -3.04. The number of aromatic nitrogens is 5. The highest BCUT2D eigenvalue weighted by Gasteiger charge is 2.19. The number of likely N-dealkylation sites (tertiary alicyclic amines) is 1. The number of nitrogens with one attached hydrogen (secondary N) is 1. The molecule has 5 rings (SSSR count). The standard InChI is InChI=1S/C23H23FN6OS/c24-16-8-10-17(11-9-16)30-21(14-29-12-4-1-5-13-29)27-28-23(30)32-15-20-25-19-7-3-2-6-18(19)22(31)26-20/h2-3,6-11H,1,4-5,12-15H2,(H,25,26,31). The van der Waals surface area contributed by atoms with Gasteiger partial charge < -0.3 is 4.98 Å². The molecule has 164 valence electrons. The van der Waals surface area contributed by atoms with E-state index in [-0.39, 0.29) is 11.4 Å². The van der Waals surface area contributed by atoms with Crippen molar-refractivity contribution in [1.82, 2.24) is 29.6 Å². The van der Waals surface area contributed by atoms with Crippen LogP contribution in [0, 0.1) is 5.82 Å². The smallest absolute Gasteiger partial charge is 0.258 e. The average Bonchev–Trinajstić information content (AvgIpc) is 3.21. The van der Waals surface area contributed by atoms with E-state index in [0.29, 0.717) is 34.2 Å². The van der Waals surface area contributed by atoms with Crippen LogP contribution in [-0.4, -0.2) is 42.7 Å². The summed E-state index contributed by atoms with van der Waals surface area (Å²) >= 11 is 1.44. The molecule has 0 saturated carbocycles. The third kappa shape index (κ3) is 4.44. The van der Waals surface area contributed by atoms with Crippen molar-refractivity contribution in [3.8, 4) is 5.69 Å². The Balaban J connectivity index is 1.44. The fourth-order valence-corrected chi connectivity index (χ4v) is 4.84. The monoisotopic (exact) mass is 450 g/mol. The van der Waals surface area contributed by atoms with Gasteiger partial charge in [0.15, 0.2) is 11.0 Å². The summed E-state index contributed by atoms with van der Waals surface area (Å²) in [5, 5.41) is 10.1. The van der Waals surface area contributed by atoms with Crippen LogP contribution in [0.3, 0.4) is 0 Å². The van der Waals surface area contributed by atoms with Gasteiger partial charge >= 0.3 is 0 Å². The van der Waals surface area contributed by atoms with Crippen LogP contribution in [0.2, 0.25) is 0 Å². The zero-order chi connectivity index (χ0) is 21.9. The third-order valence-electron chi connectivity index (χ3n) is 5.60. The molecule has 3 heterocycles. The van der Waals surface area contributed by atoms with Gasteiger partial charge in [-0.2, -0.15) is 0 Å². The molecule has 0 amide bonds. The second-order valence-electron chi connectivity index (χ2n) is 7.87. The number of aromatic amines is 1. The number of para-hydroxylation sites is 1. The molecule has 9 heteroatoms. The predicted octanol–water partition coefficient (Wildman–Crippen LogP) is 3.92. The molecule has 0 bridgehead atoms. The van der Waals surface area contributed by atoms with Crippen LogP contribution < -0.4 is 5.56 Å². The van der Waals surface area contributed by atoms with Gasteiger partial charge in [0.1, 0.15) is 11.6 Å². The molecule has 1 aliphatic rings. The maximum Gasteiger partial charge on any atom is 0.258 e. The van der Waals surface area contributed by atoms with Gasteiger partial charge in [-0.25, -0.2) is 9.37 Å². The lowest BCUT2D eigenvalue weighted by Gasteiger charge is -2.26. The van der Waals surface area contributed by atoms with Gasteiger partial charge in [0.05, 0.1) is 23.2 Å². The quantitative estimate of drug-likeness (QED) is 0.449. The van der Waals surface area contributed by atoms with Gasteiger partial charge in [-0.1, -0.05) is 30.3 Å². The van der Waals surface area contributed by atoms with Gasteiger partial charge in [0.25, 0.3) is 5.56 Å². The molecule has 0 atom stereocenters. The summed E-state index contributed by atoms with van der Waals surface area (Å²) in [6, 6.07) is 13.6. The normalized spacial score (nSPS) is 14.8. The SMILES string of the molecule is O=c1[nH]c(CSc2nnc(CN3CCCCC3)n2-c2ccc(F)cc2)nc2ccccc12. The first kappa shape index (κ1) is 20.8. The zero-order valence-electron chi connectivity index (χ0n) is 17.5. The fraction of sp³-hybridized carbons (Fsp3) is 0.304. The van der Waals surface area contributed by atoms with Crippen LogP contribution in [0.15, 0.2) is 58.5 Å². The lowest BCUT2D eigenvalue weighted by atomic mass is 10.1. The number of hydrogen-bond acceptors (Lipinski definition) is 6. The number of halogens is 1. The maximum atomic E-state index is 13.5. The molecule has 2 aromatic carbocycles. The van der Waals surface area contributed by atoms with E-state index in [1.54, 1.807) is 18.2 Å². The molecule has 2 aromatic heterocycles. The largest absolute Gasteiger partial charge is 0.309 e. The highest BCUT2D eigenvalue weighted by atomic mass is 32.2. The second kappa shape index (κ2) is 9.22. The number of rotatable bonds is 6. The van der Waals surface area contributed by atoms with E-state index in [9.17, 15) is 9.18 Å². The number of thioether (sulfide) groups is 1. The van der Waals surface area contributed by atoms with Crippen LogP contribution in [0.5, 0.6) is 0 Å². The van der Waals surface area contributed by atoms with Crippen molar-refractivity contribution in [2.24, 2.45) is 0 Å². The molecule has 0 aliphatic carbocycles. The molecule has 4 aromatic rings. The molecule has 1 saturated heterocycles. The van der Waals surface area contributed by atoms with E-state index in [2.05, 4.69) is 25.1 Å². The molecule has 0 spiro atoms. The number of H-pyrrole nitrogens is 1. The number of benzene rings is 2. The first-order chi connectivity index (χ1) is 15.7. The van der Waals surface area contributed by atoms with E-state index in [1.165, 1.54) is 43.2 Å². The molecule has 1 fully saturated rings. The summed E-state index contributed by atoms with van der Waals surface area (Å²) in [6.45, 7) is 2.78. The number of hydrogen-bond donors (Lipinski definition) is 1. The van der Waals surface area contributed by atoms with Crippen LogP contribution in [0.4, 0.5) is 4.39 Å². The van der Waals surface area contributed by atoms with Crippen molar-refractivity contribution in [3.63, 3.8) is 0 Å². The van der Waals surface area contributed by atoms with E-state index in [1.807, 2.05) is 22.8 Å². The Morgan fingerprint density at radius 3 is 2.59 bits per heavy atom. The van der Waals surface area contributed by atoms with E-state index in [4.69, 9.17) is 0 Å². The van der Waals surface area contributed by atoms with Gasteiger partial charge in [-0.05, 0) is 62.3 Å². The predicted molar refractivity (Wildman–Crippen MR) is 122 cm³/mol. The minimum atomic E-state index is -0.286. The first-order valence-corrected chi connectivity index (χ1v) is 11.7. The van der Waals surface area contributed by atoms with Crippen molar-refractivity contribution < 1.29 is 4.39 Å². The molecule has 0 radical (unpaired) electrons. The van der Waals surface area contributed by atoms with Crippen molar-refractivity contribution in [2.45, 2.75) is 36.7 Å². The summed E-state index contributed by atoms with van der Waals surface area (Å²) in [4.78, 5) is 22.2. The Labute approximate surface area is 188 Å².